The maximum absolute atomic E-state index is 13.4. The van der Waals surface area contributed by atoms with Crippen LogP contribution in [0.1, 0.15) is 37.8 Å². The lowest BCUT2D eigenvalue weighted by Crippen LogP contribution is -2.57. The number of hydrogen-bond acceptors (Lipinski definition) is 9. The molecular formula is C23H42N12O5S. The molecule has 4 unspecified atom stereocenters. The zero-order valence-electron chi connectivity index (χ0n) is 23.0. The van der Waals surface area contributed by atoms with Gasteiger partial charge in [-0.2, -0.15) is 11.8 Å². The number of carboxylic acids is 1. The van der Waals surface area contributed by atoms with Crippen LogP contribution in [0, 0.1) is 0 Å². The monoisotopic (exact) mass is 598 g/mol. The molecule has 0 saturated carbocycles. The molecule has 230 valence electrons. The predicted octanol–water partition coefficient (Wildman–Crippen LogP) is -3.32. The van der Waals surface area contributed by atoms with Crippen molar-refractivity contribution in [3.8, 4) is 0 Å². The molecule has 0 aliphatic rings. The Bertz CT molecular complexity index is 1030. The van der Waals surface area contributed by atoms with Crippen LogP contribution in [0.4, 0.5) is 0 Å². The highest BCUT2D eigenvalue weighted by molar-refractivity contribution is 7.98. The molecule has 1 aromatic rings. The van der Waals surface area contributed by atoms with Crippen LogP contribution in [-0.2, 0) is 25.6 Å². The highest BCUT2D eigenvalue weighted by atomic mass is 32.2. The van der Waals surface area contributed by atoms with E-state index < -0.39 is 47.9 Å². The van der Waals surface area contributed by atoms with Crippen LogP contribution >= 0.6 is 11.8 Å². The number of aliphatic imine (C=N–C) groups is 2. The van der Waals surface area contributed by atoms with Crippen molar-refractivity contribution >= 4 is 47.4 Å². The number of carbonyl (C=O) groups excluding carboxylic acids is 3. The molecule has 1 rings (SSSR count). The van der Waals surface area contributed by atoms with Crippen LogP contribution in [0.3, 0.4) is 0 Å². The quantitative estimate of drug-likeness (QED) is 0.0400. The maximum Gasteiger partial charge on any atom is 0.326 e. The van der Waals surface area contributed by atoms with E-state index in [1.807, 2.05) is 6.26 Å². The number of aromatic amines is 1. The Labute approximate surface area is 242 Å². The lowest BCUT2D eigenvalue weighted by Gasteiger charge is -2.25. The van der Waals surface area contributed by atoms with Crippen LogP contribution in [0.5, 0.6) is 0 Å². The number of amides is 3. The zero-order chi connectivity index (χ0) is 30.8. The first-order chi connectivity index (χ1) is 19.4. The van der Waals surface area contributed by atoms with E-state index in [0.717, 1.165) is 0 Å². The molecule has 0 aromatic carbocycles. The van der Waals surface area contributed by atoms with Gasteiger partial charge >= 0.3 is 5.97 Å². The average molecular weight is 599 g/mol. The summed E-state index contributed by atoms with van der Waals surface area (Å²) in [6.45, 7) is 0.384. The Morgan fingerprint density at radius 3 is 1.95 bits per heavy atom. The smallest absolute Gasteiger partial charge is 0.326 e. The van der Waals surface area contributed by atoms with Gasteiger partial charge in [0.2, 0.25) is 17.7 Å². The summed E-state index contributed by atoms with van der Waals surface area (Å²) in [5.41, 5.74) is 27.8. The van der Waals surface area contributed by atoms with Crippen molar-refractivity contribution in [2.75, 3.05) is 25.1 Å². The van der Waals surface area contributed by atoms with Gasteiger partial charge in [-0.25, -0.2) is 9.78 Å². The van der Waals surface area contributed by atoms with Gasteiger partial charge in [0.1, 0.15) is 18.1 Å². The van der Waals surface area contributed by atoms with Gasteiger partial charge < -0.3 is 54.7 Å². The number of aliphatic carboxylic acids is 1. The van der Waals surface area contributed by atoms with Crippen molar-refractivity contribution in [1.29, 1.82) is 0 Å². The molecule has 41 heavy (non-hydrogen) atoms. The number of guanidine groups is 2. The average Bonchev–Trinajstić information content (AvgIpc) is 3.42. The number of aromatic nitrogens is 2. The predicted molar refractivity (Wildman–Crippen MR) is 157 cm³/mol. The summed E-state index contributed by atoms with van der Waals surface area (Å²) in [5, 5.41) is 17.3. The standard InChI is InChI=1S/C23H42N12O5S/c1-41-9-6-14(24)18(36)33-15(4-2-7-30-22(25)26)19(37)35-17(10-13-11-29-12-32-13)20(38)34-16(21(39)40)5-3-8-31-23(27)28/h11-12,14-17H,2-10,24H2,1H3,(H,29,32)(H,33,36)(H,34,38)(H,35,37)(H,39,40)(H4,25,26,30)(H4,27,28,31). The van der Waals surface area contributed by atoms with Gasteiger partial charge in [-0.3, -0.25) is 24.4 Å². The maximum atomic E-state index is 13.4. The lowest BCUT2D eigenvalue weighted by atomic mass is 10.1. The van der Waals surface area contributed by atoms with E-state index in [2.05, 4.69) is 35.9 Å². The minimum atomic E-state index is -1.27. The van der Waals surface area contributed by atoms with Crippen molar-refractivity contribution in [1.82, 2.24) is 25.9 Å². The highest BCUT2D eigenvalue weighted by Gasteiger charge is 2.30. The highest BCUT2D eigenvalue weighted by Crippen LogP contribution is 2.07. The summed E-state index contributed by atoms with van der Waals surface area (Å²) >= 11 is 1.53. The van der Waals surface area contributed by atoms with Gasteiger partial charge in [-0.05, 0) is 44.1 Å². The first-order valence-corrected chi connectivity index (χ1v) is 14.3. The molecule has 0 aliphatic heterocycles. The largest absolute Gasteiger partial charge is 0.480 e. The minimum Gasteiger partial charge on any atom is -0.480 e. The fourth-order valence-corrected chi connectivity index (χ4v) is 4.05. The lowest BCUT2D eigenvalue weighted by molar-refractivity contribution is -0.142. The number of hydrogen-bond donors (Lipinski definition) is 10. The molecule has 1 heterocycles. The Balaban J connectivity index is 3.07. The molecule has 0 saturated heterocycles. The number of nitrogens with zero attached hydrogens (tertiary/aromatic N) is 3. The third-order valence-corrected chi connectivity index (χ3v) is 6.36. The Kier molecular flexibility index (Phi) is 16.3. The zero-order valence-corrected chi connectivity index (χ0v) is 23.9. The van der Waals surface area contributed by atoms with E-state index in [0.29, 0.717) is 24.3 Å². The van der Waals surface area contributed by atoms with Gasteiger partial charge in [0.25, 0.3) is 0 Å². The first kappa shape index (κ1) is 35.0. The van der Waals surface area contributed by atoms with Gasteiger partial charge in [0.15, 0.2) is 11.9 Å². The molecule has 4 atom stereocenters. The molecule has 18 heteroatoms. The number of carboxylic acid groups (broad SMARTS) is 1. The van der Waals surface area contributed by atoms with Crippen molar-refractivity contribution in [3.63, 3.8) is 0 Å². The summed E-state index contributed by atoms with van der Waals surface area (Å²) < 4.78 is 0. The molecule has 0 spiro atoms. The fraction of sp³-hybridized carbons (Fsp3) is 0.609. The first-order valence-electron chi connectivity index (χ1n) is 12.9. The number of carbonyl (C=O) groups is 4. The van der Waals surface area contributed by atoms with Crippen LogP contribution < -0.4 is 44.6 Å². The second-order valence-corrected chi connectivity index (χ2v) is 10.1. The fourth-order valence-electron chi connectivity index (χ4n) is 3.56. The van der Waals surface area contributed by atoms with E-state index in [1.54, 1.807) is 0 Å². The second-order valence-electron chi connectivity index (χ2n) is 9.09. The summed E-state index contributed by atoms with van der Waals surface area (Å²) in [7, 11) is 0. The molecule has 1 aromatic heterocycles. The number of thioether (sulfide) groups is 1. The minimum absolute atomic E-state index is 0.0280. The van der Waals surface area contributed by atoms with Crippen molar-refractivity contribution in [3.05, 3.63) is 18.2 Å². The molecule has 0 radical (unpaired) electrons. The van der Waals surface area contributed by atoms with E-state index >= 15 is 0 Å². The Hall–Kier alpha value is -4.06. The summed E-state index contributed by atoms with van der Waals surface area (Å²) in [4.78, 5) is 65.5. The van der Waals surface area contributed by atoms with E-state index in [-0.39, 0.29) is 50.7 Å². The summed E-state index contributed by atoms with van der Waals surface area (Å²) in [6.07, 6.45) is 5.94. The van der Waals surface area contributed by atoms with Crippen LogP contribution in [0.25, 0.3) is 0 Å². The number of nitrogens with two attached hydrogens (primary N) is 5. The molecule has 3 amide bonds. The topological polar surface area (TPSA) is 308 Å². The Morgan fingerprint density at radius 2 is 1.44 bits per heavy atom. The normalized spacial score (nSPS) is 13.6. The second kappa shape index (κ2) is 19.1. The van der Waals surface area contributed by atoms with Crippen LogP contribution in [0.15, 0.2) is 22.5 Å². The van der Waals surface area contributed by atoms with Crippen LogP contribution in [0.2, 0.25) is 0 Å². The molecule has 17 nitrogen and oxygen atoms in total. The van der Waals surface area contributed by atoms with Crippen molar-refractivity contribution in [2.24, 2.45) is 38.7 Å². The number of imidazole rings is 1. The molecule has 0 aliphatic carbocycles. The van der Waals surface area contributed by atoms with Gasteiger partial charge in [0, 0.05) is 31.4 Å². The molecular weight excluding hydrogens is 556 g/mol. The van der Waals surface area contributed by atoms with Gasteiger partial charge in [-0.15, -0.1) is 0 Å². The van der Waals surface area contributed by atoms with E-state index in [9.17, 15) is 24.3 Å². The third-order valence-electron chi connectivity index (χ3n) is 5.72. The third kappa shape index (κ3) is 14.8. The summed E-state index contributed by atoms with van der Waals surface area (Å²) in [5.74, 6) is -2.80. The van der Waals surface area contributed by atoms with Crippen molar-refractivity contribution in [2.45, 2.75) is 62.7 Å². The Morgan fingerprint density at radius 1 is 0.902 bits per heavy atom. The molecule has 0 bridgehead atoms. The molecule has 15 N–H and O–H groups in total. The van der Waals surface area contributed by atoms with Crippen molar-refractivity contribution < 1.29 is 24.3 Å². The van der Waals surface area contributed by atoms with E-state index in [4.69, 9.17) is 28.7 Å². The number of rotatable bonds is 20. The summed E-state index contributed by atoms with van der Waals surface area (Å²) in [6, 6.07) is -4.37. The molecule has 0 fully saturated rings. The van der Waals surface area contributed by atoms with E-state index in [1.165, 1.54) is 24.3 Å². The SMILES string of the molecule is CSCCC(N)C(=O)NC(CCCN=C(N)N)C(=O)NC(Cc1cnc[nH]1)C(=O)NC(CCCN=C(N)N)C(=O)O. The number of nitrogens with one attached hydrogen (secondary N) is 4. The van der Waals surface area contributed by atoms with Crippen LogP contribution in [-0.4, -0.2) is 99.9 Å². The van der Waals surface area contributed by atoms with Gasteiger partial charge in [-0.1, -0.05) is 0 Å². The number of H-pyrrole nitrogens is 1. The van der Waals surface area contributed by atoms with Gasteiger partial charge in [0.05, 0.1) is 12.4 Å².